The zero-order valence-corrected chi connectivity index (χ0v) is 13.4. The molecule has 1 amide bonds. The molecule has 0 unspecified atom stereocenters. The third-order valence-electron chi connectivity index (χ3n) is 4.26. The van der Waals surface area contributed by atoms with Gasteiger partial charge in [0.2, 0.25) is 0 Å². The second-order valence-electron chi connectivity index (χ2n) is 5.81. The van der Waals surface area contributed by atoms with Crippen molar-refractivity contribution in [2.45, 2.75) is 13.3 Å². The van der Waals surface area contributed by atoms with Crippen LogP contribution in [0.2, 0.25) is 0 Å². The monoisotopic (exact) mass is 315 g/mol. The van der Waals surface area contributed by atoms with E-state index in [0.717, 1.165) is 34.0 Å². The molecule has 0 aliphatic heterocycles. The van der Waals surface area contributed by atoms with Gasteiger partial charge in [-0.2, -0.15) is 0 Å². The summed E-state index contributed by atoms with van der Waals surface area (Å²) in [5, 5.41) is 5.02. The standard InChI is InChI=1S/C21H17NO2/c1-2-14-7-9-15(10-8-14)21(23)22-16-11-12-20-18(13-16)17-5-3-4-6-19(17)24-20/h3-13H,2H2,1H3,(H,22,23). The minimum absolute atomic E-state index is 0.107. The molecular weight excluding hydrogens is 298 g/mol. The van der Waals surface area contributed by atoms with Crippen molar-refractivity contribution in [3.8, 4) is 0 Å². The van der Waals surface area contributed by atoms with Crippen LogP contribution in [0.4, 0.5) is 5.69 Å². The van der Waals surface area contributed by atoms with Crippen molar-refractivity contribution in [3.05, 3.63) is 77.9 Å². The molecule has 1 N–H and O–H groups in total. The molecule has 0 fully saturated rings. The Hall–Kier alpha value is -3.07. The van der Waals surface area contributed by atoms with E-state index in [1.54, 1.807) is 0 Å². The van der Waals surface area contributed by atoms with Crippen molar-refractivity contribution < 1.29 is 9.21 Å². The molecule has 3 nitrogen and oxygen atoms in total. The number of hydrogen-bond donors (Lipinski definition) is 1. The van der Waals surface area contributed by atoms with Gasteiger partial charge in [-0.25, -0.2) is 0 Å². The first-order valence-corrected chi connectivity index (χ1v) is 8.06. The predicted octanol–water partition coefficient (Wildman–Crippen LogP) is 5.40. The molecule has 0 bridgehead atoms. The van der Waals surface area contributed by atoms with Crippen LogP contribution >= 0.6 is 0 Å². The Bertz CT molecular complexity index is 1030. The minimum Gasteiger partial charge on any atom is -0.456 e. The van der Waals surface area contributed by atoms with E-state index in [4.69, 9.17) is 4.42 Å². The maximum absolute atomic E-state index is 12.4. The highest BCUT2D eigenvalue weighted by Gasteiger charge is 2.10. The maximum atomic E-state index is 12.4. The molecule has 0 atom stereocenters. The van der Waals surface area contributed by atoms with Gasteiger partial charge in [-0.1, -0.05) is 37.3 Å². The van der Waals surface area contributed by atoms with Gasteiger partial charge in [0.05, 0.1) is 0 Å². The molecule has 0 saturated carbocycles. The molecule has 4 rings (SSSR count). The number of carbonyl (C=O) groups excluding carboxylic acids is 1. The summed E-state index contributed by atoms with van der Waals surface area (Å²) in [5.74, 6) is -0.107. The van der Waals surface area contributed by atoms with Crippen molar-refractivity contribution in [2.24, 2.45) is 0 Å². The summed E-state index contributed by atoms with van der Waals surface area (Å²) >= 11 is 0. The minimum atomic E-state index is -0.107. The summed E-state index contributed by atoms with van der Waals surface area (Å²) in [4.78, 5) is 12.4. The van der Waals surface area contributed by atoms with Gasteiger partial charge in [-0.15, -0.1) is 0 Å². The van der Waals surface area contributed by atoms with Crippen molar-refractivity contribution >= 4 is 33.5 Å². The number of para-hydroxylation sites is 1. The number of amides is 1. The highest BCUT2D eigenvalue weighted by atomic mass is 16.3. The molecule has 4 aromatic rings. The lowest BCUT2D eigenvalue weighted by Gasteiger charge is -2.06. The molecular formula is C21H17NO2. The third kappa shape index (κ3) is 2.54. The number of rotatable bonds is 3. The van der Waals surface area contributed by atoms with Gasteiger partial charge in [0.1, 0.15) is 11.2 Å². The lowest BCUT2D eigenvalue weighted by atomic mass is 10.1. The maximum Gasteiger partial charge on any atom is 0.255 e. The van der Waals surface area contributed by atoms with E-state index in [1.165, 1.54) is 5.56 Å². The van der Waals surface area contributed by atoms with E-state index in [-0.39, 0.29) is 5.91 Å². The van der Waals surface area contributed by atoms with Gasteiger partial charge < -0.3 is 9.73 Å². The number of carbonyl (C=O) groups is 1. The van der Waals surface area contributed by atoms with Crippen molar-refractivity contribution in [3.63, 3.8) is 0 Å². The largest absolute Gasteiger partial charge is 0.456 e. The third-order valence-corrected chi connectivity index (χ3v) is 4.26. The smallest absolute Gasteiger partial charge is 0.255 e. The van der Waals surface area contributed by atoms with Gasteiger partial charge in [-0.3, -0.25) is 4.79 Å². The Kier molecular flexibility index (Phi) is 3.54. The van der Waals surface area contributed by atoms with Crippen molar-refractivity contribution in [1.29, 1.82) is 0 Å². The van der Waals surface area contributed by atoms with E-state index in [1.807, 2.05) is 66.7 Å². The Morgan fingerprint density at radius 3 is 2.46 bits per heavy atom. The van der Waals surface area contributed by atoms with Crippen LogP contribution in [0.15, 0.2) is 71.1 Å². The topological polar surface area (TPSA) is 42.2 Å². The molecule has 118 valence electrons. The molecule has 3 aromatic carbocycles. The number of hydrogen-bond acceptors (Lipinski definition) is 2. The molecule has 0 aliphatic carbocycles. The molecule has 0 spiro atoms. The van der Waals surface area contributed by atoms with Crippen LogP contribution < -0.4 is 5.32 Å². The number of nitrogens with one attached hydrogen (secondary N) is 1. The first kappa shape index (κ1) is 14.5. The second-order valence-corrected chi connectivity index (χ2v) is 5.81. The molecule has 1 aromatic heterocycles. The molecule has 0 radical (unpaired) electrons. The lowest BCUT2D eigenvalue weighted by Crippen LogP contribution is -2.11. The van der Waals surface area contributed by atoms with Gasteiger partial charge in [0.25, 0.3) is 5.91 Å². The molecule has 3 heteroatoms. The van der Waals surface area contributed by atoms with E-state index in [9.17, 15) is 4.79 Å². The van der Waals surface area contributed by atoms with Crippen LogP contribution in [-0.4, -0.2) is 5.91 Å². The summed E-state index contributed by atoms with van der Waals surface area (Å²) in [7, 11) is 0. The van der Waals surface area contributed by atoms with E-state index >= 15 is 0 Å². The Balaban J connectivity index is 1.66. The summed E-state index contributed by atoms with van der Waals surface area (Å²) in [6.45, 7) is 2.10. The predicted molar refractivity (Wildman–Crippen MR) is 97.5 cm³/mol. The highest BCUT2D eigenvalue weighted by Crippen LogP contribution is 2.30. The normalized spacial score (nSPS) is 11.0. The Morgan fingerprint density at radius 1 is 0.917 bits per heavy atom. The number of aryl methyl sites for hydroxylation is 1. The summed E-state index contributed by atoms with van der Waals surface area (Å²) in [6, 6.07) is 21.3. The average molecular weight is 315 g/mol. The zero-order chi connectivity index (χ0) is 16.5. The lowest BCUT2D eigenvalue weighted by molar-refractivity contribution is 0.102. The van der Waals surface area contributed by atoms with Crippen LogP contribution in [-0.2, 0) is 6.42 Å². The van der Waals surface area contributed by atoms with E-state index < -0.39 is 0 Å². The van der Waals surface area contributed by atoms with Gasteiger partial charge in [0, 0.05) is 22.0 Å². The second kappa shape index (κ2) is 5.85. The molecule has 24 heavy (non-hydrogen) atoms. The van der Waals surface area contributed by atoms with Gasteiger partial charge in [0.15, 0.2) is 0 Å². The Labute approximate surface area is 139 Å². The van der Waals surface area contributed by atoms with Gasteiger partial charge >= 0.3 is 0 Å². The van der Waals surface area contributed by atoms with Crippen LogP contribution in [0.3, 0.4) is 0 Å². The van der Waals surface area contributed by atoms with E-state index in [0.29, 0.717) is 5.56 Å². The highest BCUT2D eigenvalue weighted by molar-refractivity contribution is 6.09. The summed E-state index contributed by atoms with van der Waals surface area (Å²) in [6.07, 6.45) is 0.964. The van der Waals surface area contributed by atoms with Crippen LogP contribution in [0, 0.1) is 0 Å². The molecule has 1 heterocycles. The first-order chi connectivity index (χ1) is 11.7. The zero-order valence-electron chi connectivity index (χ0n) is 13.4. The van der Waals surface area contributed by atoms with Crippen LogP contribution in [0.25, 0.3) is 21.9 Å². The molecule has 0 saturated heterocycles. The fraction of sp³-hybridized carbons (Fsp3) is 0.0952. The Morgan fingerprint density at radius 2 is 1.67 bits per heavy atom. The van der Waals surface area contributed by atoms with Crippen LogP contribution in [0.5, 0.6) is 0 Å². The van der Waals surface area contributed by atoms with Crippen molar-refractivity contribution in [2.75, 3.05) is 5.32 Å². The SMILES string of the molecule is CCc1ccc(C(=O)Nc2ccc3oc4ccccc4c3c2)cc1. The number of benzene rings is 3. The fourth-order valence-electron chi connectivity index (χ4n) is 2.90. The average Bonchev–Trinajstić information content (AvgIpc) is 3.00. The van der Waals surface area contributed by atoms with Crippen LogP contribution in [0.1, 0.15) is 22.8 Å². The number of furan rings is 1. The number of anilines is 1. The summed E-state index contributed by atoms with van der Waals surface area (Å²) in [5.41, 5.74) is 4.31. The summed E-state index contributed by atoms with van der Waals surface area (Å²) < 4.78 is 5.81. The van der Waals surface area contributed by atoms with Crippen molar-refractivity contribution in [1.82, 2.24) is 0 Å². The van der Waals surface area contributed by atoms with E-state index in [2.05, 4.69) is 12.2 Å². The quantitative estimate of drug-likeness (QED) is 0.550. The fourth-order valence-corrected chi connectivity index (χ4v) is 2.90. The molecule has 0 aliphatic rings. The van der Waals surface area contributed by atoms with Gasteiger partial charge in [-0.05, 0) is 48.4 Å². The number of fused-ring (bicyclic) bond motifs is 3. The first-order valence-electron chi connectivity index (χ1n) is 8.06.